The number of nitrogens with zero attached hydrogens (tertiary/aromatic N) is 1. The maximum absolute atomic E-state index is 11.9. The van der Waals surface area contributed by atoms with Gasteiger partial charge in [0, 0.05) is 30.7 Å². The predicted octanol–water partition coefficient (Wildman–Crippen LogP) is 1.42. The van der Waals surface area contributed by atoms with E-state index in [2.05, 4.69) is 10.3 Å². The van der Waals surface area contributed by atoms with Crippen LogP contribution in [0.5, 0.6) is 0 Å². The van der Waals surface area contributed by atoms with E-state index in [9.17, 15) is 9.59 Å². The first kappa shape index (κ1) is 12.9. The van der Waals surface area contributed by atoms with Crippen LogP contribution in [0.3, 0.4) is 0 Å². The Morgan fingerprint density at radius 3 is 2.89 bits per heavy atom. The van der Waals surface area contributed by atoms with Crippen molar-refractivity contribution in [1.82, 2.24) is 9.55 Å². The number of H-pyrrole nitrogens is 1. The van der Waals surface area contributed by atoms with Gasteiger partial charge in [-0.1, -0.05) is 6.92 Å². The van der Waals surface area contributed by atoms with Gasteiger partial charge in [-0.15, -0.1) is 0 Å². The molecule has 0 saturated heterocycles. The molecule has 100 valence electrons. The molecule has 4 N–H and O–H groups in total. The molecule has 2 heterocycles. The molecular weight excluding hydrogens is 244 g/mol. The van der Waals surface area contributed by atoms with Gasteiger partial charge < -0.3 is 20.6 Å². The fourth-order valence-electron chi connectivity index (χ4n) is 1.76. The number of carbonyl (C=O) groups is 1. The molecule has 2 aromatic rings. The third-order valence-corrected chi connectivity index (χ3v) is 2.66. The highest BCUT2D eigenvalue weighted by molar-refractivity contribution is 6.03. The largest absolute Gasteiger partial charge is 0.397 e. The summed E-state index contributed by atoms with van der Waals surface area (Å²) >= 11 is 0. The summed E-state index contributed by atoms with van der Waals surface area (Å²) in [6.45, 7) is 2.61. The molecule has 0 bridgehead atoms. The van der Waals surface area contributed by atoms with Crippen LogP contribution >= 0.6 is 0 Å². The molecule has 0 radical (unpaired) electrons. The molecule has 0 saturated carbocycles. The Bertz CT molecular complexity index is 642. The van der Waals surface area contributed by atoms with Gasteiger partial charge in [-0.2, -0.15) is 0 Å². The SMILES string of the molecule is CCCn1cc(NC(=O)c2cc(N)c[nH]2)ccc1=O. The van der Waals surface area contributed by atoms with Gasteiger partial charge in [-0.25, -0.2) is 0 Å². The molecule has 0 aliphatic carbocycles. The lowest BCUT2D eigenvalue weighted by atomic mass is 10.3. The first-order valence-electron chi connectivity index (χ1n) is 6.06. The van der Waals surface area contributed by atoms with E-state index in [0.29, 0.717) is 23.6 Å². The van der Waals surface area contributed by atoms with E-state index >= 15 is 0 Å². The fraction of sp³-hybridized carbons (Fsp3) is 0.231. The highest BCUT2D eigenvalue weighted by Gasteiger charge is 2.08. The van der Waals surface area contributed by atoms with E-state index in [1.54, 1.807) is 29.1 Å². The van der Waals surface area contributed by atoms with Gasteiger partial charge in [0.15, 0.2) is 0 Å². The van der Waals surface area contributed by atoms with E-state index < -0.39 is 0 Å². The maximum Gasteiger partial charge on any atom is 0.272 e. The first-order valence-corrected chi connectivity index (χ1v) is 6.06. The number of rotatable bonds is 4. The summed E-state index contributed by atoms with van der Waals surface area (Å²) in [5.41, 5.74) is 6.91. The summed E-state index contributed by atoms with van der Waals surface area (Å²) in [5.74, 6) is -0.293. The third kappa shape index (κ3) is 3.04. The molecule has 0 aliphatic rings. The van der Waals surface area contributed by atoms with Crippen LogP contribution in [0, 0.1) is 0 Å². The van der Waals surface area contributed by atoms with Gasteiger partial charge in [-0.3, -0.25) is 9.59 Å². The van der Waals surface area contributed by atoms with Crippen molar-refractivity contribution in [3.05, 3.63) is 46.6 Å². The predicted molar refractivity (Wildman–Crippen MR) is 74.2 cm³/mol. The second kappa shape index (κ2) is 5.43. The van der Waals surface area contributed by atoms with Crippen LogP contribution in [-0.4, -0.2) is 15.5 Å². The minimum atomic E-state index is -0.293. The molecular formula is C13H16N4O2. The summed E-state index contributed by atoms with van der Waals surface area (Å²) in [6, 6.07) is 4.57. The van der Waals surface area contributed by atoms with Gasteiger partial charge in [0.25, 0.3) is 11.5 Å². The average Bonchev–Trinajstić information content (AvgIpc) is 2.80. The number of hydrogen-bond donors (Lipinski definition) is 3. The Kier molecular flexibility index (Phi) is 3.70. The number of aromatic amines is 1. The van der Waals surface area contributed by atoms with Crippen molar-refractivity contribution in [2.75, 3.05) is 11.1 Å². The molecule has 0 atom stereocenters. The summed E-state index contributed by atoms with van der Waals surface area (Å²) in [5, 5.41) is 2.71. The molecule has 0 spiro atoms. The Morgan fingerprint density at radius 1 is 1.47 bits per heavy atom. The number of carbonyl (C=O) groups excluding carboxylic acids is 1. The van der Waals surface area contributed by atoms with Gasteiger partial charge in [0.1, 0.15) is 5.69 Å². The molecule has 0 aromatic carbocycles. The number of aryl methyl sites for hydroxylation is 1. The monoisotopic (exact) mass is 260 g/mol. The zero-order valence-electron chi connectivity index (χ0n) is 10.6. The molecule has 6 nitrogen and oxygen atoms in total. The molecule has 2 aromatic heterocycles. The standard InChI is InChI=1S/C13H16N4O2/c1-2-5-17-8-10(3-4-12(17)18)16-13(19)11-6-9(14)7-15-11/h3-4,6-8,15H,2,5,14H2,1H3,(H,16,19). The van der Waals surface area contributed by atoms with Crippen LogP contribution in [0.2, 0.25) is 0 Å². The van der Waals surface area contributed by atoms with Crippen LogP contribution in [-0.2, 0) is 6.54 Å². The lowest BCUT2D eigenvalue weighted by Gasteiger charge is -2.07. The highest BCUT2D eigenvalue weighted by Crippen LogP contribution is 2.09. The molecule has 19 heavy (non-hydrogen) atoms. The Morgan fingerprint density at radius 2 is 2.26 bits per heavy atom. The van der Waals surface area contributed by atoms with E-state index in [1.807, 2.05) is 6.92 Å². The smallest absolute Gasteiger partial charge is 0.272 e. The van der Waals surface area contributed by atoms with Crippen molar-refractivity contribution >= 4 is 17.3 Å². The number of nitrogen functional groups attached to an aromatic ring is 1. The molecule has 0 fully saturated rings. The Balaban J connectivity index is 2.17. The van der Waals surface area contributed by atoms with Gasteiger partial charge in [0.05, 0.1) is 5.69 Å². The van der Waals surface area contributed by atoms with E-state index in [4.69, 9.17) is 5.73 Å². The van der Waals surface area contributed by atoms with E-state index in [1.165, 1.54) is 6.07 Å². The van der Waals surface area contributed by atoms with Crippen LogP contribution < -0.4 is 16.6 Å². The van der Waals surface area contributed by atoms with Crippen molar-refractivity contribution in [2.45, 2.75) is 19.9 Å². The maximum atomic E-state index is 11.9. The third-order valence-electron chi connectivity index (χ3n) is 2.66. The number of amides is 1. The molecule has 6 heteroatoms. The summed E-state index contributed by atoms with van der Waals surface area (Å²) < 4.78 is 1.57. The highest BCUT2D eigenvalue weighted by atomic mass is 16.2. The quantitative estimate of drug-likeness (QED) is 0.776. The lowest BCUT2D eigenvalue weighted by molar-refractivity contribution is 0.102. The van der Waals surface area contributed by atoms with E-state index in [0.717, 1.165) is 6.42 Å². The van der Waals surface area contributed by atoms with Crippen molar-refractivity contribution in [3.63, 3.8) is 0 Å². The average molecular weight is 260 g/mol. The van der Waals surface area contributed by atoms with Crippen LogP contribution in [0.15, 0.2) is 35.4 Å². The fourth-order valence-corrected chi connectivity index (χ4v) is 1.76. The number of nitrogens with one attached hydrogen (secondary N) is 2. The van der Waals surface area contributed by atoms with E-state index in [-0.39, 0.29) is 11.5 Å². The van der Waals surface area contributed by atoms with Crippen molar-refractivity contribution < 1.29 is 4.79 Å². The molecule has 0 aliphatic heterocycles. The second-order valence-electron chi connectivity index (χ2n) is 4.25. The van der Waals surface area contributed by atoms with Crippen LogP contribution in [0.1, 0.15) is 23.8 Å². The minimum Gasteiger partial charge on any atom is -0.397 e. The summed E-state index contributed by atoms with van der Waals surface area (Å²) in [4.78, 5) is 26.2. The van der Waals surface area contributed by atoms with Crippen molar-refractivity contribution in [2.24, 2.45) is 0 Å². The van der Waals surface area contributed by atoms with Crippen LogP contribution in [0.25, 0.3) is 0 Å². The Labute approximate surface area is 110 Å². The lowest BCUT2D eigenvalue weighted by Crippen LogP contribution is -2.20. The number of aromatic nitrogens is 2. The summed E-state index contributed by atoms with van der Waals surface area (Å²) in [6.07, 6.45) is 4.04. The Hall–Kier alpha value is -2.50. The molecule has 0 unspecified atom stereocenters. The number of hydrogen-bond acceptors (Lipinski definition) is 3. The van der Waals surface area contributed by atoms with Gasteiger partial charge in [0.2, 0.25) is 0 Å². The second-order valence-corrected chi connectivity index (χ2v) is 4.25. The number of anilines is 2. The minimum absolute atomic E-state index is 0.0797. The van der Waals surface area contributed by atoms with Gasteiger partial charge >= 0.3 is 0 Å². The number of nitrogens with two attached hydrogens (primary N) is 1. The molecule has 1 amide bonds. The normalized spacial score (nSPS) is 10.4. The molecule has 2 rings (SSSR count). The van der Waals surface area contributed by atoms with Crippen LogP contribution in [0.4, 0.5) is 11.4 Å². The van der Waals surface area contributed by atoms with Crippen molar-refractivity contribution in [3.8, 4) is 0 Å². The summed E-state index contributed by atoms with van der Waals surface area (Å²) in [7, 11) is 0. The topological polar surface area (TPSA) is 92.9 Å². The number of pyridine rings is 1. The zero-order valence-corrected chi connectivity index (χ0v) is 10.6. The van der Waals surface area contributed by atoms with Gasteiger partial charge in [-0.05, 0) is 18.6 Å². The first-order chi connectivity index (χ1) is 9.10. The zero-order chi connectivity index (χ0) is 13.8. The van der Waals surface area contributed by atoms with Crippen molar-refractivity contribution in [1.29, 1.82) is 0 Å².